The number of likely N-dealkylation sites (tertiary alicyclic amines) is 1. The van der Waals surface area contributed by atoms with E-state index in [0.29, 0.717) is 0 Å². The second kappa shape index (κ2) is 10.3. The number of carbonyl (C=O) groups is 1. The Balaban J connectivity index is 1.48. The highest BCUT2D eigenvalue weighted by Crippen LogP contribution is 2.32. The lowest BCUT2D eigenvalue weighted by atomic mass is 9.97. The number of nitrogens with one attached hydrogen (secondary N) is 1. The van der Waals surface area contributed by atoms with Gasteiger partial charge in [0.15, 0.2) is 6.61 Å². The molecule has 33 heavy (non-hydrogen) atoms. The topological polar surface area (TPSA) is 60.0 Å². The molecular formula is C24H29F3N2O4. The molecule has 0 aromatic heterocycles. The Morgan fingerprint density at radius 3 is 2.42 bits per heavy atom. The van der Waals surface area contributed by atoms with E-state index in [1.165, 1.54) is 23.3 Å². The number of nitrogens with zero attached hydrogens (tertiary/aromatic N) is 1. The molecule has 0 spiro atoms. The van der Waals surface area contributed by atoms with Gasteiger partial charge in [-0.05, 0) is 74.2 Å². The summed E-state index contributed by atoms with van der Waals surface area (Å²) in [7, 11) is 1.67. The summed E-state index contributed by atoms with van der Waals surface area (Å²) in [6, 6.07) is 9.22. The molecule has 1 aliphatic heterocycles. The molecule has 2 aromatic rings. The monoisotopic (exact) mass is 466 g/mol. The van der Waals surface area contributed by atoms with Gasteiger partial charge in [-0.3, -0.25) is 9.69 Å². The predicted molar refractivity (Wildman–Crippen MR) is 118 cm³/mol. The summed E-state index contributed by atoms with van der Waals surface area (Å²) < 4.78 is 51.2. The van der Waals surface area contributed by atoms with Crippen LogP contribution in [0.4, 0.5) is 13.2 Å². The lowest BCUT2D eigenvalue weighted by Crippen LogP contribution is -2.40. The summed E-state index contributed by atoms with van der Waals surface area (Å²) in [6.45, 7) is 7.67. The first-order chi connectivity index (χ1) is 15.6. The van der Waals surface area contributed by atoms with Crippen LogP contribution in [0.3, 0.4) is 0 Å². The number of amides is 1. The molecule has 1 heterocycles. The minimum absolute atomic E-state index is 0.00534. The molecular weight excluding hydrogens is 437 g/mol. The fraction of sp³-hybridized carbons (Fsp3) is 0.458. The van der Waals surface area contributed by atoms with Crippen molar-refractivity contribution in [3.63, 3.8) is 0 Å². The standard InChI is InChI=1S/C24H29F3N2O4/c1-15-16(2)22(31-4)10-9-21(15)17(3)29-12-11-18(13-29)28-23(30)14-32-19-5-7-20(8-6-19)33-24(25,26)27/h5-10,17-18H,11-14H2,1-4H3,(H,28,30)/t17?,18-/m1/s1. The Bertz CT molecular complexity index is 963. The third-order valence-corrected chi connectivity index (χ3v) is 6.01. The Morgan fingerprint density at radius 1 is 1.12 bits per heavy atom. The first-order valence-corrected chi connectivity index (χ1v) is 10.7. The zero-order valence-electron chi connectivity index (χ0n) is 19.2. The van der Waals surface area contributed by atoms with Crippen LogP contribution in [0.5, 0.6) is 17.2 Å². The lowest BCUT2D eigenvalue weighted by Gasteiger charge is -2.27. The van der Waals surface area contributed by atoms with Gasteiger partial charge < -0.3 is 19.5 Å². The third kappa shape index (κ3) is 6.54. The van der Waals surface area contributed by atoms with Crippen molar-refractivity contribution in [2.45, 2.75) is 45.6 Å². The van der Waals surface area contributed by atoms with Gasteiger partial charge >= 0.3 is 6.36 Å². The van der Waals surface area contributed by atoms with Crippen LogP contribution in [-0.4, -0.2) is 50.0 Å². The number of rotatable bonds is 8. The highest BCUT2D eigenvalue weighted by molar-refractivity contribution is 5.77. The quantitative estimate of drug-likeness (QED) is 0.619. The van der Waals surface area contributed by atoms with Gasteiger partial charge in [-0.1, -0.05) is 6.07 Å². The number of methoxy groups -OCH3 is 1. The third-order valence-electron chi connectivity index (χ3n) is 6.01. The number of halogens is 3. The van der Waals surface area contributed by atoms with Gasteiger partial charge in [0, 0.05) is 25.2 Å². The molecule has 2 aromatic carbocycles. The molecule has 1 aliphatic rings. The molecule has 0 radical (unpaired) electrons. The molecule has 9 heteroatoms. The summed E-state index contributed by atoms with van der Waals surface area (Å²) in [6.07, 6.45) is -3.92. The number of hydrogen-bond acceptors (Lipinski definition) is 5. The summed E-state index contributed by atoms with van der Waals surface area (Å²) in [4.78, 5) is 14.6. The minimum Gasteiger partial charge on any atom is -0.496 e. The molecule has 1 unspecified atom stereocenters. The van der Waals surface area contributed by atoms with Gasteiger partial charge in [0.2, 0.25) is 0 Å². The summed E-state index contributed by atoms with van der Waals surface area (Å²) >= 11 is 0. The van der Waals surface area contributed by atoms with Gasteiger partial charge in [-0.15, -0.1) is 13.2 Å². The number of benzene rings is 2. The van der Waals surface area contributed by atoms with Crippen LogP contribution in [0, 0.1) is 13.8 Å². The maximum Gasteiger partial charge on any atom is 0.573 e. The van der Waals surface area contributed by atoms with E-state index in [-0.39, 0.29) is 36.1 Å². The first kappa shape index (κ1) is 24.7. The molecule has 0 saturated carbocycles. The average Bonchev–Trinajstić information content (AvgIpc) is 3.22. The molecule has 0 aliphatic carbocycles. The second-order valence-corrected chi connectivity index (χ2v) is 8.14. The van der Waals surface area contributed by atoms with Crippen LogP contribution >= 0.6 is 0 Å². The van der Waals surface area contributed by atoms with Crippen molar-refractivity contribution >= 4 is 5.91 Å². The zero-order chi connectivity index (χ0) is 24.2. The van der Waals surface area contributed by atoms with Gasteiger partial charge in [0.25, 0.3) is 5.91 Å². The Morgan fingerprint density at radius 2 is 1.79 bits per heavy atom. The molecule has 3 rings (SSSR count). The van der Waals surface area contributed by atoms with Crippen molar-refractivity contribution in [3.8, 4) is 17.2 Å². The smallest absolute Gasteiger partial charge is 0.496 e. The SMILES string of the molecule is COc1ccc(C(C)N2CC[C@@H](NC(=O)COc3ccc(OC(F)(F)F)cc3)C2)c(C)c1C. The van der Waals surface area contributed by atoms with E-state index >= 15 is 0 Å². The van der Waals surface area contributed by atoms with Gasteiger partial charge in [-0.2, -0.15) is 0 Å². The second-order valence-electron chi connectivity index (χ2n) is 8.14. The van der Waals surface area contributed by atoms with Crippen molar-refractivity contribution in [2.75, 3.05) is 26.8 Å². The van der Waals surface area contributed by atoms with E-state index in [0.717, 1.165) is 43.0 Å². The van der Waals surface area contributed by atoms with Crippen LogP contribution < -0.4 is 19.5 Å². The lowest BCUT2D eigenvalue weighted by molar-refractivity contribution is -0.274. The van der Waals surface area contributed by atoms with Crippen molar-refractivity contribution in [2.24, 2.45) is 0 Å². The molecule has 1 N–H and O–H groups in total. The van der Waals surface area contributed by atoms with E-state index in [1.807, 2.05) is 13.0 Å². The van der Waals surface area contributed by atoms with E-state index in [1.54, 1.807) is 7.11 Å². The minimum atomic E-state index is -4.75. The van der Waals surface area contributed by atoms with Gasteiger partial charge in [-0.25, -0.2) is 0 Å². The van der Waals surface area contributed by atoms with Crippen molar-refractivity contribution in [3.05, 3.63) is 53.1 Å². The Hall–Kier alpha value is -2.94. The molecule has 1 amide bonds. The molecule has 180 valence electrons. The number of hydrogen-bond donors (Lipinski definition) is 1. The zero-order valence-corrected chi connectivity index (χ0v) is 19.2. The normalized spacial score (nSPS) is 17.5. The highest BCUT2D eigenvalue weighted by atomic mass is 19.4. The molecule has 1 fully saturated rings. The van der Waals surface area contributed by atoms with E-state index in [2.05, 4.69) is 34.9 Å². The largest absolute Gasteiger partial charge is 0.573 e. The van der Waals surface area contributed by atoms with Crippen LogP contribution in [0.1, 0.15) is 36.1 Å². The van der Waals surface area contributed by atoms with E-state index in [4.69, 9.17) is 9.47 Å². The maximum atomic E-state index is 12.3. The summed E-state index contributed by atoms with van der Waals surface area (Å²) in [5.41, 5.74) is 3.57. The van der Waals surface area contributed by atoms with Gasteiger partial charge in [0.05, 0.1) is 7.11 Å². The van der Waals surface area contributed by atoms with Crippen molar-refractivity contribution < 1.29 is 32.2 Å². The predicted octanol–water partition coefficient (Wildman–Crippen LogP) is 4.54. The van der Waals surface area contributed by atoms with Crippen LogP contribution in [0.25, 0.3) is 0 Å². The number of ether oxygens (including phenoxy) is 3. The fourth-order valence-corrected chi connectivity index (χ4v) is 4.10. The van der Waals surface area contributed by atoms with E-state index < -0.39 is 6.36 Å². The van der Waals surface area contributed by atoms with E-state index in [9.17, 15) is 18.0 Å². The van der Waals surface area contributed by atoms with Crippen LogP contribution in [-0.2, 0) is 4.79 Å². The molecule has 6 nitrogen and oxygen atoms in total. The van der Waals surface area contributed by atoms with Crippen molar-refractivity contribution in [1.29, 1.82) is 0 Å². The Labute approximate surface area is 191 Å². The summed E-state index contributed by atoms with van der Waals surface area (Å²) in [5, 5.41) is 2.97. The molecule has 2 atom stereocenters. The molecule has 1 saturated heterocycles. The van der Waals surface area contributed by atoms with Crippen LogP contribution in [0.2, 0.25) is 0 Å². The maximum absolute atomic E-state index is 12.3. The van der Waals surface area contributed by atoms with Crippen LogP contribution in [0.15, 0.2) is 36.4 Å². The first-order valence-electron chi connectivity index (χ1n) is 10.7. The Kier molecular flexibility index (Phi) is 7.73. The summed E-state index contributed by atoms with van der Waals surface area (Å²) in [5.74, 6) is 0.535. The number of alkyl halides is 3. The fourth-order valence-electron chi connectivity index (χ4n) is 4.10. The van der Waals surface area contributed by atoms with Gasteiger partial charge in [0.1, 0.15) is 17.2 Å². The highest BCUT2D eigenvalue weighted by Gasteiger charge is 2.31. The average molecular weight is 467 g/mol. The number of carbonyl (C=O) groups excluding carboxylic acids is 1. The van der Waals surface area contributed by atoms with Crippen molar-refractivity contribution in [1.82, 2.24) is 10.2 Å². The molecule has 0 bridgehead atoms.